The maximum Gasteiger partial charge on any atom is 0.131 e. The number of halogens is 1. The molecule has 0 atom stereocenters. The summed E-state index contributed by atoms with van der Waals surface area (Å²) in [5.74, 6) is 2.44. The highest BCUT2D eigenvalue weighted by Crippen LogP contribution is 2.42. The van der Waals surface area contributed by atoms with Crippen LogP contribution < -0.4 is 5.73 Å². The van der Waals surface area contributed by atoms with Crippen LogP contribution in [-0.4, -0.2) is 9.55 Å². The number of rotatable bonds is 2. The van der Waals surface area contributed by atoms with Crippen molar-refractivity contribution < 1.29 is 0 Å². The van der Waals surface area contributed by atoms with Crippen molar-refractivity contribution in [2.75, 3.05) is 5.73 Å². The number of imidazole rings is 1. The van der Waals surface area contributed by atoms with E-state index in [1.165, 1.54) is 12.8 Å². The summed E-state index contributed by atoms with van der Waals surface area (Å²) in [5.41, 5.74) is 9.23. The third-order valence-corrected chi connectivity index (χ3v) is 3.80. The summed E-state index contributed by atoms with van der Waals surface area (Å²) in [6.07, 6.45) is 2.45. The summed E-state index contributed by atoms with van der Waals surface area (Å²) in [7, 11) is 1.99. The van der Waals surface area contributed by atoms with Crippen LogP contribution in [0.1, 0.15) is 30.1 Å². The minimum Gasteiger partial charge on any atom is -0.383 e. The topological polar surface area (TPSA) is 43.8 Å². The number of anilines is 1. The number of aryl methyl sites for hydroxylation is 1. The van der Waals surface area contributed by atoms with E-state index < -0.39 is 0 Å². The Balaban J connectivity index is 2.13. The normalized spacial score (nSPS) is 15.1. The van der Waals surface area contributed by atoms with Crippen molar-refractivity contribution in [1.29, 1.82) is 0 Å². The average Bonchev–Trinajstić information content (AvgIpc) is 3.11. The first-order valence-corrected chi connectivity index (χ1v) is 6.54. The van der Waals surface area contributed by atoms with E-state index in [2.05, 4.69) is 0 Å². The molecule has 3 nitrogen and oxygen atoms in total. The summed E-state index contributed by atoms with van der Waals surface area (Å²) in [4.78, 5) is 4.73. The minimum absolute atomic E-state index is 0.596. The highest BCUT2D eigenvalue weighted by molar-refractivity contribution is 6.30. The fourth-order valence-corrected chi connectivity index (χ4v) is 2.55. The first kappa shape index (κ1) is 11.6. The van der Waals surface area contributed by atoms with Gasteiger partial charge in [0.05, 0.1) is 0 Å². The Morgan fingerprint density at radius 2 is 2.11 bits per heavy atom. The highest BCUT2D eigenvalue weighted by atomic mass is 35.5. The second-order valence-corrected chi connectivity index (χ2v) is 5.43. The first-order valence-electron chi connectivity index (χ1n) is 6.16. The van der Waals surface area contributed by atoms with E-state index in [1.54, 1.807) is 0 Å². The molecule has 0 spiro atoms. The minimum atomic E-state index is 0.596. The monoisotopic (exact) mass is 261 g/mol. The molecule has 1 aliphatic rings. The van der Waals surface area contributed by atoms with Crippen molar-refractivity contribution in [3.63, 3.8) is 0 Å². The predicted molar refractivity (Wildman–Crippen MR) is 74.8 cm³/mol. The molecular formula is C14H16ClN3. The van der Waals surface area contributed by atoms with Gasteiger partial charge in [0, 0.05) is 23.6 Å². The van der Waals surface area contributed by atoms with E-state index in [0.717, 1.165) is 33.5 Å². The molecule has 0 unspecified atom stereocenters. The Bertz CT molecular complexity index is 612. The fraction of sp³-hybridized carbons (Fsp3) is 0.357. The van der Waals surface area contributed by atoms with Crippen molar-refractivity contribution in [2.45, 2.75) is 25.7 Å². The molecule has 0 radical (unpaired) electrons. The molecule has 94 valence electrons. The zero-order valence-electron chi connectivity index (χ0n) is 10.6. The lowest BCUT2D eigenvalue weighted by Gasteiger charge is -2.04. The maximum atomic E-state index is 6.18. The molecule has 1 aliphatic carbocycles. The first-order chi connectivity index (χ1) is 8.58. The molecule has 0 bridgehead atoms. The van der Waals surface area contributed by atoms with Crippen LogP contribution in [0.5, 0.6) is 0 Å². The second kappa shape index (κ2) is 4.02. The van der Waals surface area contributed by atoms with Crippen LogP contribution in [0.2, 0.25) is 5.02 Å². The molecular weight excluding hydrogens is 246 g/mol. The van der Waals surface area contributed by atoms with Gasteiger partial charge in [-0.25, -0.2) is 4.98 Å². The van der Waals surface area contributed by atoms with Crippen LogP contribution in [0.4, 0.5) is 5.82 Å². The number of benzene rings is 1. The summed E-state index contributed by atoms with van der Waals surface area (Å²) in [6, 6.07) is 5.82. The van der Waals surface area contributed by atoms with Gasteiger partial charge in [0.2, 0.25) is 0 Å². The number of nitrogens with zero attached hydrogens (tertiary/aromatic N) is 2. The molecule has 0 saturated heterocycles. The smallest absolute Gasteiger partial charge is 0.131 e. The van der Waals surface area contributed by atoms with Gasteiger partial charge >= 0.3 is 0 Å². The van der Waals surface area contributed by atoms with Crippen molar-refractivity contribution >= 4 is 17.4 Å². The third-order valence-electron chi connectivity index (χ3n) is 3.56. The van der Waals surface area contributed by atoms with Crippen molar-refractivity contribution in [3.05, 3.63) is 34.6 Å². The maximum absolute atomic E-state index is 6.18. The van der Waals surface area contributed by atoms with Crippen molar-refractivity contribution in [1.82, 2.24) is 9.55 Å². The van der Waals surface area contributed by atoms with Crippen molar-refractivity contribution in [2.24, 2.45) is 7.05 Å². The quantitative estimate of drug-likeness (QED) is 0.899. The standard InChI is InChI=1S/C14H16ClN3/c1-8-7-10(15)5-6-11(8)12-13(16)18(2)14(17-12)9-3-4-9/h5-7,9H,3-4,16H2,1-2H3. The number of nitrogens with two attached hydrogens (primary N) is 1. The van der Waals surface area contributed by atoms with E-state index in [9.17, 15) is 0 Å². The van der Waals surface area contributed by atoms with Gasteiger partial charge in [0.25, 0.3) is 0 Å². The molecule has 2 N–H and O–H groups in total. The van der Waals surface area contributed by atoms with Gasteiger partial charge in [-0.2, -0.15) is 0 Å². The van der Waals surface area contributed by atoms with Crippen LogP contribution in [0.15, 0.2) is 18.2 Å². The lowest BCUT2D eigenvalue weighted by molar-refractivity contribution is 0.807. The predicted octanol–water partition coefficient (Wildman–Crippen LogP) is 3.51. The summed E-state index contributed by atoms with van der Waals surface area (Å²) >= 11 is 5.98. The van der Waals surface area contributed by atoms with Crippen LogP contribution in [0.3, 0.4) is 0 Å². The van der Waals surface area contributed by atoms with E-state index in [0.29, 0.717) is 5.92 Å². The highest BCUT2D eigenvalue weighted by Gasteiger charge is 2.30. The molecule has 0 amide bonds. The molecule has 0 aliphatic heterocycles. The zero-order chi connectivity index (χ0) is 12.9. The number of nitrogen functional groups attached to an aromatic ring is 1. The Hall–Kier alpha value is -1.48. The second-order valence-electron chi connectivity index (χ2n) is 5.00. The fourth-order valence-electron chi connectivity index (χ4n) is 2.33. The Morgan fingerprint density at radius 1 is 1.39 bits per heavy atom. The summed E-state index contributed by atoms with van der Waals surface area (Å²) in [5, 5.41) is 0.744. The van der Waals surface area contributed by atoms with Crippen LogP contribution in [-0.2, 0) is 7.05 Å². The molecule has 3 rings (SSSR count). The Morgan fingerprint density at radius 3 is 2.72 bits per heavy atom. The molecule has 1 saturated carbocycles. The van der Waals surface area contributed by atoms with Gasteiger partial charge in [-0.15, -0.1) is 0 Å². The molecule has 1 fully saturated rings. The summed E-state index contributed by atoms with van der Waals surface area (Å²) in [6.45, 7) is 2.03. The van der Waals surface area contributed by atoms with E-state index in [1.807, 2.05) is 36.7 Å². The van der Waals surface area contributed by atoms with E-state index in [4.69, 9.17) is 22.3 Å². The van der Waals surface area contributed by atoms with Gasteiger partial charge in [0.1, 0.15) is 17.3 Å². The number of hydrogen-bond acceptors (Lipinski definition) is 2. The Labute approximate surface area is 112 Å². The van der Waals surface area contributed by atoms with Gasteiger partial charge in [0.15, 0.2) is 0 Å². The van der Waals surface area contributed by atoms with Gasteiger partial charge in [-0.1, -0.05) is 17.7 Å². The summed E-state index contributed by atoms with van der Waals surface area (Å²) < 4.78 is 2.01. The molecule has 1 aromatic heterocycles. The Kier molecular flexibility index (Phi) is 2.59. The van der Waals surface area contributed by atoms with Crippen LogP contribution in [0.25, 0.3) is 11.3 Å². The molecule has 1 heterocycles. The van der Waals surface area contributed by atoms with Gasteiger partial charge < -0.3 is 10.3 Å². The number of hydrogen-bond donors (Lipinski definition) is 1. The van der Waals surface area contributed by atoms with Crippen LogP contribution in [0, 0.1) is 6.92 Å². The zero-order valence-corrected chi connectivity index (χ0v) is 11.3. The third kappa shape index (κ3) is 1.79. The molecule has 1 aromatic carbocycles. The molecule has 18 heavy (non-hydrogen) atoms. The van der Waals surface area contributed by atoms with E-state index >= 15 is 0 Å². The SMILES string of the molecule is Cc1cc(Cl)ccc1-c1nc(C2CC2)n(C)c1N. The molecule has 2 aromatic rings. The average molecular weight is 262 g/mol. The number of aromatic nitrogens is 2. The lowest BCUT2D eigenvalue weighted by Crippen LogP contribution is -2.00. The van der Waals surface area contributed by atoms with E-state index in [-0.39, 0.29) is 0 Å². The molecule has 4 heteroatoms. The van der Waals surface area contributed by atoms with Crippen molar-refractivity contribution in [3.8, 4) is 11.3 Å². The largest absolute Gasteiger partial charge is 0.383 e. The van der Waals surface area contributed by atoms with Gasteiger partial charge in [-0.3, -0.25) is 0 Å². The lowest BCUT2D eigenvalue weighted by atomic mass is 10.1. The van der Waals surface area contributed by atoms with Crippen LogP contribution >= 0.6 is 11.6 Å². The van der Waals surface area contributed by atoms with Gasteiger partial charge in [-0.05, 0) is 37.5 Å².